The lowest BCUT2D eigenvalue weighted by Gasteiger charge is -2.14. The Morgan fingerprint density at radius 1 is 0.857 bits per heavy atom. The highest BCUT2D eigenvalue weighted by molar-refractivity contribution is 9.14. The van der Waals surface area contributed by atoms with Gasteiger partial charge in [-0.15, -0.1) is 0 Å². The van der Waals surface area contributed by atoms with E-state index in [1.807, 2.05) is 0 Å². The van der Waals surface area contributed by atoms with Gasteiger partial charge < -0.3 is 25.8 Å². The van der Waals surface area contributed by atoms with Crippen molar-refractivity contribution >= 4 is 61.4 Å². The highest BCUT2D eigenvalue weighted by Gasteiger charge is 2.35. The predicted octanol–water partition coefficient (Wildman–Crippen LogP) is -1.50. The summed E-state index contributed by atoms with van der Waals surface area (Å²) in [5.41, 5.74) is 4.87. The van der Waals surface area contributed by atoms with E-state index in [9.17, 15) is 24.0 Å². The summed E-state index contributed by atoms with van der Waals surface area (Å²) >= 11 is 6.06. The molecule has 1 rings (SSSR count). The van der Waals surface area contributed by atoms with Crippen molar-refractivity contribution in [2.24, 2.45) is 5.73 Å². The van der Waals surface area contributed by atoms with Crippen molar-refractivity contribution < 1.29 is 33.4 Å². The van der Waals surface area contributed by atoms with Crippen molar-refractivity contribution in [2.75, 3.05) is 46.1 Å². The molecule has 0 aromatic carbocycles. The van der Waals surface area contributed by atoms with Crippen molar-refractivity contribution in [1.29, 1.82) is 0 Å². The van der Waals surface area contributed by atoms with Crippen LogP contribution >= 0.6 is 31.9 Å². The number of nitrogens with zero attached hydrogens (tertiary/aromatic N) is 1. The molecule has 0 fully saturated rings. The van der Waals surface area contributed by atoms with Crippen LogP contribution in [0.5, 0.6) is 0 Å². The zero-order chi connectivity index (χ0) is 21.1. The highest BCUT2D eigenvalue weighted by Crippen LogP contribution is 2.28. The van der Waals surface area contributed by atoms with E-state index in [0.717, 1.165) is 4.90 Å². The summed E-state index contributed by atoms with van der Waals surface area (Å²) in [6.07, 6.45) is 0.0492. The number of carbonyl (C=O) groups is 5. The van der Waals surface area contributed by atoms with E-state index in [0.29, 0.717) is 0 Å². The number of nitrogens with two attached hydrogens (primary N) is 1. The summed E-state index contributed by atoms with van der Waals surface area (Å²) in [5, 5.41) is 4.60. The molecule has 13 heteroatoms. The van der Waals surface area contributed by atoms with E-state index in [4.69, 9.17) is 15.2 Å². The number of halogens is 2. The molecular formula is C15H20Br2N4O7. The van der Waals surface area contributed by atoms with Gasteiger partial charge in [-0.05, 0) is 31.9 Å². The van der Waals surface area contributed by atoms with Gasteiger partial charge in [0.1, 0.15) is 8.96 Å². The number of nitrogens with one attached hydrogen (secondary N) is 2. The fraction of sp³-hybridized carbons (Fsp3) is 0.533. The second-order valence-corrected chi connectivity index (χ2v) is 6.97. The van der Waals surface area contributed by atoms with Crippen molar-refractivity contribution in [3.05, 3.63) is 8.96 Å². The van der Waals surface area contributed by atoms with Gasteiger partial charge >= 0.3 is 0 Å². The summed E-state index contributed by atoms with van der Waals surface area (Å²) < 4.78 is 10.9. The maximum Gasteiger partial charge on any atom is 0.269 e. The Morgan fingerprint density at radius 2 is 1.39 bits per heavy atom. The first-order chi connectivity index (χ1) is 13.2. The maximum absolute atomic E-state index is 11.8. The van der Waals surface area contributed by atoms with Crippen LogP contribution in [-0.2, 0) is 33.4 Å². The lowest BCUT2D eigenvalue weighted by molar-refractivity contribution is -0.138. The average molecular weight is 528 g/mol. The largest absolute Gasteiger partial charge is 0.379 e. The van der Waals surface area contributed by atoms with Gasteiger partial charge in [0.05, 0.1) is 46.1 Å². The molecule has 0 spiro atoms. The van der Waals surface area contributed by atoms with Gasteiger partial charge in [0.2, 0.25) is 17.7 Å². The third kappa shape index (κ3) is 8.46. The Morgan fingerprint density at radius 3 is 1.96 bits per heavy atom. The van der Waals surface area contributed by atoms with Gasteiger partial charge in [0.25, 0.3) is 11.8 Å². The molecule has 0 saturated heterocycles. The summed E-state index contributed by atoms with van der Waals surface area (Å²) in [7, 11) is 0. The molecule has 0 atom stereocenters. The number of ether oxygens (including phenoxy) is 2. The Labute approximate surface area is 177 Å². The molecule has 0 radical (unpaired) electrons. The van der Waals surface area contributed by atoms with Gasteiger partial charge in [-0.25, -0.2) is 0 Å². The second-order valence-electron chi connectivity index (χ2n) is 5.38. The number of rotatable bonds is 13. The molecule has 1 aliphatic heterocycles. The number of imide groups is 1. The fourth-order valence-electron chi connectivity index (χ4n) is 1.88. The SMILES string of the molecule is NC(=O)CNC(=O)CNC(=O)CCOCCOCCN1C(=O)C(Br)=C(Br)C1=O. The first-order valence-electron chi connectivity index (χ1n) is 8.12. The minimum atomic E-state index is -0.675. The number of hydrogen-bond acceptors (Lipinski definition) is 7. The van der Waals surface area contributed by atoms with Gasteiger partial charge in [-0.2, -0.15) is 0 Å². The van der Waals surface area contributed by atoms with E-state index < -0.39 is 23.6 Å². The Balaban J connectivity index is 2.00. The third-order valence-corrected chi connectivity index (χ3v) is 5.27. The first kappa shape index (κ1) is 24.2. The van der Waals surface area contributed by atoms with Crippen molar-refractivity contribution in [2.45, 2.75) is 6.42 Å². The second kappa shape index (κ2) is 12.6. The molecule has 11 nitrogen and oxygen atoms in total. The summed E-state index contributed by atoms with van der Waals surface area (Å²) in [6.45, 7) is 0.297. The molecule has 0 aromatic rings. The van der Waals surface area contributed by atoms with Crippen molar-refractivity contribution in [1.82, 2.24) is 15.5 Å². The van der Waals surface area contributed by atoms with Crippen LogP contribution in [0.15, 0.2) is 8.96 Å². The van der Waals surface area contributed by atoms with Crippen LogP contribution in [0.2, 0.25) is 0 Å². The molecule has 5 amide bonds. The van der Waals surface area contributed by atoms with Crippen LogP contribution in [0.1, 0.15) is 6.42 Å². The zero-order valence-corrected chi connectivity index (χ0v) is 18.0. The highest BCUT2D eigenvalue weighted by atomic mass is 79.9. The smallest absolute Gasteiger partial charge is 0.269 e. The van der Waals surface area contributed by atoms with Crippen LogP contribution in [0.4, 0.5) is 0 Å². The standard InChI is InChI=1S/C15H20Br2N4O7/c16-12-13(17)15(26)21(14(12)25)2-4-28-6-5-27-3-1-10(23)20-8-11(24)19-7-9(18)22/h1-8H2,(H2,18,22)(H,19,24)(H,20,23). The van der Waals surface area contributed by atoms with Crippen LogP contribution in [-0.4, -0.2) is 80.5 Å². The predicted molar refractivity (Wildman–Crippen MR) is 103 cm³/mol. The Bertz CT molecular complexity index is 645. The minimum Gasteiger partial charge on any atom is -0.379 e. The normalized spacial score (nSPS) is 13.9. The molecule has 0 unspecified atom stereocenters. The van der Waals surface area contributed by atoms with Gasteiger partial charge in [-0.3, -0.25) is 28.9 Å². The van der Waals surface area contributed by atoms with E-state index in [1.165, 1.54) is 0 Å². The molecule has 1 heterocycles. The van der Waals surface area contributed by atoms with Crippen LogP contribution < -0.4 is 16.4 Å². The molecular weight excluding hydrogens is 508 g/mol. The molecule has 0 saturated carbocycles. The fourth-order valence-corrected chi connectivity index (χ4v) is 2.65. The first-order valence-corrected chi connectivity index (χ1v) is 9.71. The molecule has 0 aromatic heterocycles. The topological polar surface area (TPSA) is 157 Å². The summed E-state index contributed by atoms with van der Waals surface area (Å²) in [4.78, 5) is 57.8. The summed E-state index contributed by atoms with van der Waals surface area (Å²) in [6, 6.07) is 0. The van der Waals surface area contributed by atoms with E-state index in [1.54, 1.807) is 0 Å². The number of carbonyl (C=O) groups excluding carboxylic acids is 5. The molecule has 1 aliphatic rings. The van der Waals surface area contributed by atoms with E-state index in [2.05, 4.69) is 42.5 Å². The van der Waals surface area contributed by atoms with Crippen LogP contribution in [0.25, 0.3) is 0 Å². The lowest BCUT2D eigenvalue weighted by Crippen LogP contribution is -2.40. The zero-order valence-electron chi connectivity index (χ0n) is 14.8. The quantitative estimate of drug-likeness (QED) is 0.194. The average Bonchev–Trinajstić information content (AvgIpc) is 2.84. The Hall–Kier alpha value is -1.83. The Kier molecular flexibility index (Phi) is 10.9. The molecule has 0 bridgehead atoms. The molecule has 156 valence electrons. The molecule has 28 heavy (non-hydrogen) atoms. The van der Waals surface area contributed by atoms with Crippen molar-refractivity contribution in [3.63, 3.8) is 0 Å². The van der Waals surface area contributed by atoms with E-state index >= 15 is 0 Å². The van der Waals surface area contributed by atoms with E-state index in [-0.39, 0.29) is 67.4 Å². The number of hydrogen-bond donors (Lipinski definition) is 3. The van der Waals surface area contributed by atoms with Gasteiger partial charge in [-0.1, -0.05) is 0 Å². The van der Waals surface area contributed by atoms with Crippen LogP contribution in [0.3, 0.4) is 0 Å². The maximum atomic E-state index is 11.8. The summed E-state index contributed by atoms with van der Waals surface area (Å²) in [5.74, 6) is -2.43. The minimum absolute atomic E-state index is 0.0492. The third-order valence-electron chi connectivity index (χ3n) is 3.27. The van der Waals surface area contributed by atoms with Crippen LogP contribution in [0, 0.1) is 0 Å². The molecule has 4 N–H and O–H groups in total. The lowest BCUT2D eigenvalue weighted by atomic mass is 10.4. The molecule has 0 aliphatic carbocycles. The van der Waals surface area contributed by atoms with Gasteiger partial charge in [0.15, 0.2) is 0 Å². The van der Waals surface area contributed by atoms with Crippen molar-refractivity contribution in [3.8, 4) is 0 Å². The monoisotopic (exact) mass is 526 g/mol. The number of primary amides is 1. The number of amides is 5. The van der Waals surface area contributed by atoms with Gasteiger partial charge in [0, 0.05) is 6.42 Å².